The molecule has 0 aliphatic carbocycles. The van der Waals surface area contributed by atoms with Gasteiger partial charge in [-0.1, -0.05) is 17.7 Å². The zero-order valence-corrected chi connectivity index (χ0v) is 13.1. The van der Waals surface area contributed by atoms with Crippen molar-refractivity contribution in [1.29, 1.82) is 0 Å². The van der Waals surface area contributed by atoms with Crippen molar-refractivity contribution in [1.82, 2.24) is 5.32 Å². The average Bonchev–Trinajstić information content (AvgIpc) is 2.92. The SMILES string of the molecule is Cc1ccc(N2CC[C@H](NC(=O)c3ccc(F)c(F)c3)C2=O)cc1. The molecule has 1 atom stereocenters. The van der Waals surface area contributed by atoms with Gasteiger partial charge in [0, 0.05) is 17.8 Å². The van der Waals surface area contributed by atoms with Crippen molar-refractivity contribution < 1.29 is 18.4 Å². The van der Waals surface area contributed by atoms with Gasteiger partial charge in [0.15, 0.2) is 11.6 Å². The van der Waals surface area contributed by atoms with Crippen LogP contribution in [-0.2, 0) is 4.79 Å². The van der Waals surface area contributed by atoms with E-state index >= 15 is 0 Å². The molecule has 1 heterocycles. The van der Waals surface area contributed by atoms with Gasteiger partial charge in [-0.2, -0.15) is 0 Å². The second-order valence-corrected chi connectivity index (χ2v) is 5.77. The summed E-state index contributed by atoms with van der Waals surface area (Å²) in [6.07, 6.45) is 0.460. The Morgan fingerprint density at radius 3 is 2.50 bits per heavy atom. The Kier molecular flexibility index (Phi) is 4.29. The number of rotatable bonds is 3. The molecule has 1 saturated heterocycles. The van der Waals surface area contributed by atoms with Crippen LogP contribution in [0.25, 0.3) is 0 Å². The van der Waals surface area contributed by atoms with Gasteiger partial charge < -0.3 is 10.2 Å². The van der Waals surface area contributed by atoms with E-state index in [-0.39, 0.29) is 11.5 Å². The molecule has 0 bridgehead atoms. The maximum atomic E-state index is 13.2. The lowest BCUT2D eigenvalue weighted by atomic mass is 10.1. The average molecular weight is 330 g/mol. The number of amides is 2. The second-order valence-electron chi connectivity index (χ2n) is 5.77. The summed E-state index contributed by atoms with van der Waals surface area (Å²) < 4.78 is 26.1. The highest BCUT2D eigenvalue weighted by molar-refractivity contribution is 6.03. The fraction of sp³-hybridized carbons (Fsp3) is 0.222. The Bertz CT molecular complexity index is 790. The minimum Gasteiger partial charge on any atom is -0.340 e. The lowest BCUT2D eigenvalue weighted by Crippen LogP contribution is -2.41. The molecular weight excluding hydrogens is 314 g/mol. The van der Waals surface area contributed by atoms with Crippen LogP contribution in [0.4, 0.5) is 14.5 Å². The van der Waals surface area contributed by atoms with E-state index in [0.29, 0.717) is 13.0 Å². The van der Waals surface area contributed by atoms with E-state index in [1.807, 2.05) is 31.2 Å². The molecule has 2 amide bonds. The van der Waals surface area contributed by atoms with Crippen LogP contribution in [0, 0.1) is 18.6 Å². The van der Waals surface area contributed by atoms with Crippen LogP contribution in [-0.4, -0.2) is 24.4 Å². The van der Waals surface area contributed by atoms with Gasteiger partial charge in [-0.3, -0.25) is 9.59 Å². The molecule has 4 nitrogen and oxygen atoms in total. The summed E-state index contributed by atoms with van der Waals surface area (Å²) in [4.78, 5) is 26.2. The van der Waals surface area contributed by atoms with Crippen LogP contribution in [0.5, 0.6) is 0 Å². The Hall–Kier alpha value is -2.76. The van der Waals surface area contributed by atoms with Crippen LogP contribution < -0.4 is 10.2 Å². The molecule has 2 aromatic carbocycles. The van der Waals surface area contributed by atoms with Gasteiger partial charge >= 0.3 is 0 Å². The predicted octanol–water partition coefficient (Wildman–Crippen LogP) is 2.81. The number of nitrogens with one attached hydrogen (secondary N) is 1. The monoisotopic (exact) mass is 330 g/mol. The van der Waals surface area contributed by atoms with E-state index in [0.717, 1.165) is 23.4 Å². The van der Waals surface area contributed by atoms with Gasteiger partial charge in [0.1, 0.15) is 6.04 Å². The predicted molar refractivity (Wildman–Crippen MR) is 85.8 cm³/mol. The summed E-state index contributed by atoms with van der Waals surface area (Å²) in [6, 6.07) is 9.75. The number of hydrogen-bond acceptors (Lipinski definition) is 2. The van der Waals surface area contributed by atoms with Crippen LogP contribution in [0.2, 0.25) is 0 Å². The summed E-state index contributed by atoms with van der Waals surface area (Å²) >= 11 is 0. The first-order valence-electron chi connectivity index (χ1n) is 7.59. The molecule has 1 N–H and O–H groups in total. The molecule has 2 aromatic rings. The first-order chi connectivity index (χ1) is 11.5. The standard InChI is InChI=1S/C18H16F2N2O2/c1-11-2-5-13(6-3-11)22-9-8-16(18(22)24)21-17(23)12-4-7-14(19)15(20)10-12/h2-7,10,16H,8-9H2,1H3,(H,21,23)/t16-/m0/s1. The summed E-state index contributed by atoms with van der Waals surface area (Å²) in [5, 5.41) is 2.58. The molecule has 0 radical (unpaired) electrons. The quantitative estimate of drug-likeness (QED) is 0.941. The Balaban J connectivity index is 1.70. The number of benzene rings is 2. The third-order valence-electron chi connectivity index (χ3n) is 4.04. The summed E-state index contributed by atoms with van der Waals surface area (Å²) in [6.45, 7) is 2.45. The Morgan fingerprint density at radius 1 is 1.12 bits per heavy atom. The van der Waals surface area contributed by atoms with Crippen LogP contribution in [0.1, 0.15) is 22.3 Å². The van der Waals surface area contributed by atoms with Crippen molar-refractivity contribution in [3.8, 4) is 0 Å². The summed E-state index contributed by atoms with van der Waals surface area (Å²) in [5.41, 5.74) is 1.85. The lowest BCUT2D eigenvalue weighted by molar-refractivity contribution is -0.118. The van der Waals surface area contributed by atoms with Gasteiger partial charge in [-0.25, -0.2) is 8.78 Å². The van der Waals surface area contributed by atoms with Gasteiger partial charge in [-0.05, 0) is 43.7 Å². The van der Waals surface area contributed by atoms with E-state index < -0.39 is 23.6 Å². The van der Waals surface area contributed by atoms with Gasteiger partial charge in [0.25, 0.3) is 5.91 Å². The summed E-state index contributed by atoms with van der Waals surface area (Å²) in [5.74, 6) is -2.93. The number of hydrogen-bond donors (Lipinski definition) is 1. The van der Waals surface area contributed by atoms with E-state index in [9.17, 15) is 18.4 Å². The highest BCUT2D eigenvalue weighted by Gasteiger charge is 2.33. The van der Waals surface area contributed by atoms with Gasteiger partial charge in [0.2, 0.25) is 5.91 Å². The minimum absolute atomic E-state index is 0.0181. The molecular formula is C18H16F2N2O2. The van der Waals surface area contributed by atoms with Crippen molar-refractivity contribution in [3.05, 3.63) is 65.2 Å². The number of aryl methyl sites for hydroxylation is 1. The van der Waals surface area contributed by atoms with E-state index in [2.05, 4.69) is 5.32 Å². The Morgan fingerprint density at radius 2 is 1.83 bits per heavy atom. The fourth-order valence-corrected chi connectivity index (χ4v) is 2.67. The van der Waals surface area contributed by atoms with Crippen LogP contribution >= 0.6 is 0 Å². The van der Waals surface area contributed by atoms with Crippen molar-refractivity contribution in [2.45, 2.75) is 19.4 Å². The number of halogens is 2. The Labute approximate surface area is 138 Å². The fourth-order valence-electron chi connectivity index (χ4n) is 2.67. The van der Waals surface area contributed by atoms with Crippen molar-refractivity contribution in [3.63, 3.8) is 0 Å². The highest BCUT2D eigenvalue weighted by Crippen LogP contribution is 2.22. The van der Waals surface area contributed by atoms with Gasteiger partial charge in [0.05, 0.1) is 0 Å². The number of nitrogens with zero attached hydrogens (tertiary/aromatic N) is 1. The van der Waals surface area contributed by atoms with E-state index in [1.165, 1.54) is 6.07 Å². The molecule has 24 heavy (non-hydrogen) atoms. The normalized spacial score (nSPS) is 17.2. The number of anilines is 1. The van der Waals surface area contributed by atoms with Crippen LogP contribution in [0.15, 0.2) is 42.5 Å². The van der Waals surface area contributed by atoms with Gasteiger partial charge in [-0.15, -0.1) is 0 Å². The first kappa shape index (κ1) is 16.1. The molecule has 124 valence electrons. The third-order valence-corrected chi connectivity index (χ3v) is 4.04. The molecule has 3 rings (SSSR count). The molecule has 0 spiro atoms. The molecule has 1 fully saturated rings. The molecule has 6 heteroatoms. The zero-order chi connectivity index (χ0) is 17.3. The summed E-state index contributed by atoms with van der Waals surface area (Å²) in [7, 11) is 0. The molecule has 0 aromatic heterocycles. The van der Waals surface area contributed by atoms with E-state index in [1.54, 1.807) is 4.90 Å². The van der Waals surface area contributed by atoms with Crippen molar-refractivity contribution in [2.24, 2.45) is 0 Å². The molecule has 0 unspecified atom stereocenters. The maximum absolute atomic E-state index is 13.2. The lowest BCUT2D eigenvalue weighted by Gasteiger charge is -2.17. The smallest absolute Gasteiger partial charge is 0.252 e. The first-order valence-corrected chi connectivity index (χ1v) is 7.59. The molecule has 1 aliphatic rings. The van der Waals surface area contributed by atoms with E-state index in [4.69, 9.17) is 0 Å². The topological polar surface area (TPSA) is 49.4 Å². The number of carbonyl (C=O) groups is 2. The third kappa shape index (κ3) is 3.13. The van der Waals surface area contributed by atoms with Crippen LogP contribution in [0.3, 0.4) is 0 Å². The maximum Gasteiger partial charge on any atom is 0.252 e. The number of carbonyl (C=O) groups excluding carboxylic acids is 2. The van der Waals surface area contributed by atoms with Crippen molar-refractivity contribution in [2.75, 3.05) is 11.4 Å². The largest absolute Gasteiger partial charge is 0.340 e. The zero-order valence-electron chi connectivity index (χ0n) is 13.1. The minimum atomic E-state index is -1.10. The van der Waals surface area contributed by atoms with Crippen molar-refractivity contribution >= 4 is 17.5 Å². The highest BCUT2D eigenvalue weighted by atomic mass is 19.2. The molecule has 1 aliphatic heterocycles. The second kappa shape index (κ2) is 6.39. The molecule has 0 saturated carbocycles.